The number of rotatable bonds is 2. The fourth-order valence-electron chi connectivity index (χ4n) is 1.24. The molecular weight excluding hydrogens is 168 g/mol. The first kappa shape index (κ1) is 7.97. The standard InChI is InChI=1S/C8H8N4O/c1-2-3-5-6-7(10-4-9-6)8(13)12-11-5/h4H,2-3H2,1H3. The van der Waals surface area contributed by atoms with Gasteiger partial charge in [-0.15, -0.1) is 10.2 Å². The Morgan fingerprint density at radius 2 is 2.23 bits per heavy atom. The van der Waals surface area contributed by atoms with Gasteiger partial charge in [-0.1, -0.05) is 13.3 Å². The molecule has 0 saturated carbocycles. The molecule has 5 heteroatoms. The molecule has 66 valence electrons. The Labute approximate surface area is 75.0 Å². The summed E-state index contributed by atoms with van der Waals surface area (Å²) in [7, 11) is 0. The van der Waals surface area contributed by atoms with Crippen LogP contribution in [0.2, 0.25) is 0 Å². The molecule has 0 saturated heterocycles. The van der Waals surface area contributed by atoms with Crippen molar-refractivity contribution in [3.8, 4) is 0 Å². The number of hydrogen-bond acceptors (Lipinski definition) is 4. The molecule has 0 aromatic rings. The van der Waals surface area contributed by atoms with Crippen molar-refractivity contribution in [1.82, 2.24) is 0 Å². The van der Waals surface area contributed by atoms with E-state index in [4.69, 9.17) is 0 Å². The summed E-state index contributed by atoms with van der Waals surface area (Å²) in [5, 5.41) is 7.29. The quantitative estimate of drug-likeness (QED) is 0.628. The lowest BCUT2D eigenvalue weighted by atomic mass is 10.1. The Bertz CT molecular complexity index is 376. The summed E-state index contributed by atoms with van der Waals surface area (Å²) in [5.74, 6) is -0.396. The van der Waals surface area contributed by atoms with Gasteiger partial charge in [0, 0.05) is 0 Å². The predicted molar refractivity (Wildman–Crippen MR) is 47.7 cm³/mol. The van der Waals surface area contributed by atoms with E-state index in [1.54, 1.807) is 0 Å². The van der Waals surface area contributed by atoms with Crippen LogP contribution in [0.1, 0.15) is 19.8 Å². The van der Waals surface area contributed by atoms with Gasteiger partial charge in [0.2, 0.25) is 0 Å². The predicted octanol–water partition coefficient (Wildman–Crippen LogP) is 1.47. The fourth-order valence-corrected chi connectivity index (χ4v) is 1.24. The number of fused-ring (bicyclic) bond motifs is 1. The molecule has 5 nitrogen and oxygen atoms in total. The minimum Gasteiger partial charge on any atom is -0.263 e. The molecule has 0 aliphatic carbocycles. The number of carbonyl (C=O) groups excluding carboxylic acids is 1. The molecule has 2 heterocycles. The molecule has 2 aliphatic heterocycles. The third kappa shape index (κ3) is 1.22. The van der Waals surface area contributed by atoms with Gasteiger partial charge in [-0.25, -0.2) is 9.98 Å². The van der Waals surface area contributed by atoms with Gasteiger partial charge in [0.15, 0.2) is 5.71 Å². The zero-order valence-electron chi connectivity index (χ0n) is 7.19. The van der Waals surface area contributed by atoms with Crippen molar-refractivity contribution < 1.29 is 4.79 Å². The number of nitrogens with zero attached hydrogens (tertiary/aromatic N) is 4. The second-order valence-corrected chi connectivity index (χ2v) is 2.77. The van der Waals surface area contributed by atoms with Crippen LogP contribution < -0.4 is 0 Å². The first-order valence-electron chi connectivity index (χ1n) is 4.13. The van der Waals surface area contributed by atoms with Gasteiger partial charge in [0.25, 0.3) is 0 Å². The van der Waals surface area contributed by atoms with E-state index in [9.17, 15) is 4.79 Å². The molecule has 0 aromatic carbocycles. The molecule has 0 radical (unpaired) electrons. The van der Waals surface area contributed by atoms with Crippen LogP contribution in [0, 0.1) is 0 Å². The highest BCUT2D eigenvalue weighted by Crippen LogP contribution is 2.22. The topological polar surface area (TPSA) is 66.5 Å². The third-order valence-corrected chi connectivity index (χ3v) is 1.82. The fraction of sp³-hybridized carbons (Fsp3) is 0.375. The summed E-state index contributed by atoms with van der Waals surface area (Å²) in [6, 6.07) is 0. The number of amides is 1. The number of hydrogen-bond donors (Lipinski definition) is 0. The molecule has 0 fully saturated rings. The lowest BCUT2D eigenvalue weighted by Gasteiger charge is -2.06. The van der Waals surface area contributed by atoms with Crippen molar-refractivity contribution in [3.63, 3.8) is 0 Å². The molecule has 0 bridgehead atoms. The van der Waals surface area contributed by atoms with Crippen LogP contribution >= 0.6 is 0 Å². The molecule has 13 heavy (non-hydrogen) atoms. The van der Waals surface area contributed by atoms with Crippen molar-refractivity contribution >= 4 is 18.0 Å². The average Bonchev–Trinajstić information content (AvgIpc) is 2.59. The second-order valence-electron chi connectivity index (χ2n) is 2.77. The highest BCUT2D eigenvalue weighted by atomic mass is 16.2. The summed E-state index contributed by atoms with van der Waals surface area (Å²) in [6.07, 6.45) is 3.10. The Morgan fingerprint density at radius 3 is 3.00 bits per heavy atom. The van der Waals surface area contributed by atoms with E-state index in [0.717, 1.165) is 18.5 Å². The van der Waals surface area contributed by atoms with Crippen LogP contribution in [0.4, 0.5) is 0 Å². The first-order chi connectivity index (χ1) is 6.33. The van der Waals surface area contributed by atoms with Gasteiger partial charge in [-0.05, 0) is 6.42 Å². The molecule has 0 spiro atoms. The van der Waals surface area contributed by atoms with E-state index in [2.05, 4.69) is 20.2 Å². The molecule has 2 aliphatic rings. The van der Waals surface area contributed by atoms with Gasteiger partial charge in [0.05, 0.1) is 5.70 Å². The summed E-state index contributed by atoms with van der Waals surface area (Å²) >= 11 is 0. The Balaban J connectivity index is 2.41. The Kier molecular flexibility index (Phi) is 1.84. The molecular formula is C8H8N4O. The zero-order valence-corrected chi connectivity index (χ0v) is 7.19. The number of aliphatic imine (C=N–C) groups is 2. The zero-order chi connectivity index (χ0) is 9.26. The molecule has 0 aromatic heterocycles. The second kappa shape index (κ2) is 3.01. The molecule has 1 amide bonds. The molecule has 2 rings (SSSR count). The summed E-state index contributed by atoms with van der Waals surface area (Å²) in [5.41, 5.74) is 1.69. The normalized spacial score (nSPS) is 19.5. The Hall–Kier alpha value is -1.65. The van der Waals surface area contributed by atoms with Gasteiger partial charge in [-0.2, -0.15) is 0 Å². The van der Waals surface area contributed by atoms with Gasteiger partial charge in [-0.3, -0.25) is 4.79 Å². The van der Waals surface area contributed by atoms with Crippen LogP contribution in [-0.4, -0.2) is 18.0 Å². The average molecular weight is 176 g/mol. The van der Waals surface area contributed by atoms with E-state index in [1.165, 1.54) is 6.34 Å². The Morgan fingerprint density at radius 1 is 1.38 bits per heavy atom. The number of carbonyl (C=O) groups is 1. The van der Waals surface area contributed by atoms with Crippen molar-refractivity contribution in [2.24, 2.45) is 20.2 Å². The van der Waals surface area contributed by atoms with Crippen molar-refractivity contribution in [1.29, 1.82) is 0 Å². The van der Waals surface area contributed by atoms with Crippen LogP contribution in [-0.2, 0) is 4.79 Å². The third-order valence-electron chi connectivity index (χ3n) is 1.82. The highest BCUT2D eigenvalue weighted by Gasteiger charge is 2.26. The summed E-state index contributed by atoms with van der Waals surface area (Å²) < 4.78 is 0. The first-order valence-corrected chi connectivity index (χ1v) is 4.13. The van der Waals surface area contributed by atoms with Crippen LogP contribution in [0.25, 0.3) is 0 Å². The maximum Gasteiger partial charge on any atom is 0.316 e. The number of azo groups is 1. The van der Waals surface area contributed by atoms with Gasteiger partial charge < -0.3 is 0 Å². The van der Waals surface area contributed by atoms with E-state index in [0.29, 0.717) is 11.4 Å². The van der Waals surface area contributed by atoms with E-state index < -0.39 is 5.91 Å². The van der Waals surface area contributed by atoms with Crippen LogP contribution in [0.15, 0.2) is 31.6 Å². The highest BCUT2D eigenvalue weighted by molar-refractivity contribution is 6.48. The monoisotopic (exact) mass is 176 g/mol. The lowest BCUT2D eigenvalue weighted by molar-refractivity contribution is -0.112. The van der Waals surface area contributed by atoms with Gasteiger partial charge in [0.1, 0.15) is 12.0 Å². The van der Waals surface area contributed by atoms with Gasteiger partial charge >= 0.3 is 5.91 Å². The minimum absolute atomic E-state index is 0.332. The smallest absolute Gasteiger partial charge is 0.263 e. The molecule has 0 N–H and O–H groups in total. The van der Waals surface area contributed by atoms with Crippen LogP contribution in [0.3, 0.4) is 0 Å². The van der Waals surface area contributed by atoms with E-state index in [1.807, 2.05) is 6.92 Å². The molecule has 0 atom stereocenters. The van der Waals surface area contributed by atoms with Crippen molar-refractivity contribution in [2.75, 3.05) is 0 Å². The van der Waals surface area contributed by atoms with E-state index >= 15 is 0 Å². The molecule has 0 unspecified atom stereocenters. The maximum absolute atomic E-state index is 11.1. The van der Waals surface area contributed by atoms with E-state index in [-0.39, 0.29) is 0 Å². The number of allylic oxidation sites excluding steroid dienone is 1. The largest absolute Gasteiger partial charge is 0.316 e. The summed E-state index contributed by atoms with van der Waals surface area (Å²) in [4.78, 5) is 18.9. The minimum atomic E-state index is -0.396. The maximum atomic E-state index is 11.1. The summed E-state index contributed by atoms with van der Waals surface area (Å²) in [6.45, 7) is 2.04. The van der Waals surface area contributed by atoms with Crippen LogP contribution in [0.5, 0.6) is 0 Å². The lowest BCUT2D eigenvalue weighted by Crippen LogP contribution is -2.15. The van der Waals surface area contributed by atoms with Crippen molar-refractivity contribution in [2.45, 2.75) is 19.8 Å². The van der Waals surface area contributed by atoms with Crippen molar-refractivity contribution in [3.05, 3.63) is 11.4 Å². The SMILES string of the molecule is CCCC1=C2N=CN=C2C(=O)N=N1.